The van der Waals surface area contributed by atoms with Crippen LogP contribution in [0, 0.1) is 27.7 Å². The molecule has 0 N–H and O–H groups in total. The second-order valence-corrected chi connectivity index (χ2v) is 18.6. The number of carbonyl (C=O) groups excluding carboxylic acids is 4. The molecule has 0 saturated carbocycles. The molecule has 0 bridgehead atoms. The number of rotatable bonds is 25. The van der Waals surface area contributed by atoms with Gasteiger partial charge in [0.1, 0.15) is 34.5 Å². The van der Waals surface area contributed by atoms with Crippen molar-refractivity contribution in [1.29, 1.82) is 0 Å². The molecule has 0 aliphatic rings. The van der Waals surface area contributed by atoms with Crippen LogP contribution in [0.5, 0.6) is 34.5 Å². The van der Waals surface area contributed by atoms with Gasteiger partial charge in [0.25, 0.3) is 0 Å². The first-order valence-electron chi connectivity index (χ1n) is 23.3. The molecule has 0 fully saturated rings. The van der Waals surface area contributed by atoms with E-state index >= 15 is 0 Å². The molecule has 0 aliphatic carbocycles. The Bertz CT molecular complexity index is 2510. The lowest BCUT2D eigenvalue weighted by molar-refractivity contribution is -0.141. The first-order chi connectivity index (χ1) is 34.8. The molecule has 0 spiro atoms. The van der Waals surface area contributed by atoms with E-state index < -0.39 is 17.2 Å². The Hall–Kier alpha value is -7.14. The Morgan fingerprint density at radius 2 is 0.616 bits per heavy atom. The van der Waals surface area contributed by atoms with Crippen molar-refractivity contribution in [2.45, 2.75) is 86.5 Å². The number of methoxy groups -OCH3 is 4. The monoisotopic (exact) mass is 1030 g/mol. The lowest BCUT2D eigenvalue weighted by Crippen LogP contribution is -2.09. The van der Waals surface area contributed by atoms with E-state index in [1.165, 1.54) is 28.4 Å². The highest BCUT2D eigenvalue weighted by Gasteiger charge is 2.30. The van der Waals surface area contributed by atoms with Crippen LogP contribution >= 0.6 is 17.2 Å². The minimum absolute atomic E-state index is 0. The van der Waals surface area contributed by atoms with Gasteiger partial charge >= 0.3 is 41.1 Å². The van der Waals surface area contributed by atoms with Crippen molar-refractivity contribution in [3.05, 3.63) is 166 Å². The van der Waals surface area contributed by atoms with Gasteiger partial charge in [0.15, 0.2) is 0 Å². The number of aryl methyl sites for hydroxylation is 8. The van der Waals surface area contributed by atoms with Crippen LogP contribution in [0.2, 0.25) is 0 Å². The van der Waals surface area contributed by atoms with Gasteiger partial charge in [-0.15, -0.1) is 0 Å². The number of benzene rings is 6. The third-order valence-electron chi connectivity index (χ3n) is 11.3. The van der Waals surface area contributed by atoms with Crippen molar-refractivity contribution in [3.8, 4) is 45.6 Å². The van der Waals surface area contributed by atoms with Gasteiger partial charge in [-0.05, 0) is 134 Å². The van der Waals surface area contributed by atoms with Gasteiger partial charge in [-0.25, -0.2) is 0 Å². The summed E-state index contributed by atoms with van der Waals surface area (Å²) in [7, 11) is 0.730. The zero-order valence-electron chi connectivity index (χ0n) is 41.8. The van der Waals surface area contributed by atoms with Gasteiger partial charge in [0.2, 0.25) is 0 Å². The molecule has 0 heterocycles. The molecular formula is C57H64O14P2. The number of hydrogen-bond donors (Lipinski definition) is 0. The van der Waals surface area contributed by atoms with E-state index in [1.54, 1.807) is 24.3 Å². The third-order valence-corrected chi connectivity index (χ3v) is 13.4. The van der Waals surface area contributed by atoms with E-state index in [1.807, 2.05) is 125 Å². The summed E-state index contributed by atoms with van der Waals surface area (Å²) in [5.41, 5.74) is 7.64. The second kappa shape index (κ2) is 28.2. The molecule has 6 aromatic rings. The lowest BCUT2D eigenvalue weighted by Gasteiger charge is -2.25. The van der Waals surface area contributed by atoms with Crippen molar-refractivity contribution in [3.63, 3.8) is 0 Å². The topological polar surface area (TPSA) is 161 Å². The minimum Gasteiger partial charge on any atom is -0.469 e. The minimum atomic E-state index is -2.33. The maximum Gasteiger partial charge on any atom is 0.530 e. The standard InChI is InChI=1S/C56H60O14P2.CH4/c1-37-33-39(3)55(69-71(65-47-21-13-9-17-41(47)25-29-51(57)61-5)66-48-22-14-10-18-42(48)26-30-52(58)62-6)45(35-37)46-36-38(2)34-40(4)56(46)70-72(67-49-23-15-11-19-43(49)27-31-53(59)63-7)68-50-24-16-12-20-44(50)28-32-54(60)64-8;/h9-24,33-36H,25-32H2,1-8H3;1H4. The first-order valence-corrected chi connectivity index (χ1v) is 25.5. The molecule has 14 nitrogen and oxygen atoms in total. The molecule has 0 amide bonds. The van der Waals surface area contributed by atoms with Crippen molar-refractivity contribution in [2.75, 3.05) is 28.4 Å². The summed E-state index contributed by atoms with van der Waals surface area (Å²) in [4.78, 5) is 49.1. The lowest BCUT2D eigenvalue weighted by atomic mass is 9.95. The van der Waals surface area contributed by atoms with Crippen molar-refractivity contribution < 1.29 is 65.3 Å². The van der Waals surface area contributed by atoms with Crippen LogP contribution in [0.25, 0.3) is 11.1 Å². The smallest absolute Gasteiger partial charge is 0.469 e. The third kappa shape index (κ3) is 16.4. The van der Waals surface area contributed by atoms with Gasteiger partial charge in [-0.1, -0.05) is 92.4 Å². The van der Waals surface area contributed by atoms with Crippen LogP contribution in [-0.2, 0) is 63.8 Å². The summed E-state index contributed by atoms with van der Waals surface area (Å²) in [5, 5.41) is 0. The van der Waals surface area contributed by atoms with E-state index in [-0.39, 0.29) is 57.0 Å². The molecule has 73 heavy (non-hydrogen) atoms. The van der Waals surface area contributed by atoms with Crippen LogP contribution < -0.4 is 27.1 Å². The maximum atomic E-state index is 12.3. The highest BCUT2D eigenvalue weighted by atomic mass is 31.2. The summed E-state index contributed by atoms with van der Waals surface area (Å²) in [6.45, 7) is 7.85. The van der Waals surface area contributed by atoms with Crippen LogP contribution in [0.3, 0.4) is 0 Å². The van der Waals surface area contributed by atoms with E-state index in [4.69, 9.17) is 46.1 Å². The number of esters is 4. The fourth-order valence-corrected chi connectivity index (χ4v) is 10.0. The normalized spacial score (nSPS) is 10.7. The Labute approximate surface area is 431 Å². The fraction of sp³-hybridized carbons (Fsp3) is 0.298. The molecule has 0 aromatic heterocycles. The number of para-hydroxylation sites is 4. The highest BCUT2D eigenvalue weighted by molar-refractivity contribution is 7.43. The molecule has 0 saturated heterocycles. The predicted molar refractivity (Wildman–Crippen MR) is 282 cm³/mol. The zero-order chi connectivity index (χ0) is 51.6. The first kappa shape index (κ1) is 56.8. The molecule has 0 unspecified atom stereocenters. The fourth-order valence-electron chi connectivity index (χ4n) is 7.69. The molecule has 6 rings (SSSR count). The van der Waals surface area contributed by atoms with Gasteiger partial charge in [-0.2, -0.15) is 0 Å². The molecule has 6 aromatic carbocycles. The Kier molecular flexibility index (Phi) is 21.9. The van der Waals surface area contributed by atoms with E-state index in [0.29, 0.717) is 71.3 Å². The van der Waals surface area contributed by atoms with E-state index in [2.05, 4.69) is 0 Å². The summed E-state index contributed by atoms with van der Waals surface area (Å²) in [5.74, 6) is 1.19. The average Bonchev–Trinajstić information content (AvgIpc) is 3.38. The van der Waals surface area contributed by atoms with Crippen molar-refractivity contribution in [2.24, 2.45) is 0 Å². The molecule has 0 aliphatic heterocycles. The Morgan fingerprint density at radius 1 is 0.370 bits per heavy atom. The van der Waals surface area contributed by atoms with Crippen LogP contribution in [0.1, 0.15) is 77.6 Å². The zero-order valence-corrected chi connectivity index (χ0v) is 43.6. The van der Waals surface area contributed by atoms with Crippen LogP contribution in [0.4, 0.5) is 0 Å². The predicted octanol–water partition coefficient (Wildman–Crippen LogP) is 13.2. The van der Waals surface area contributed by atoms with Crippen LogP contribution in [-0.4, -0.2) is 52.3 Å². The van der Waals surface area contributed by atoms with Crippen molar-refractivity contribution in [1.82, 2.24) is 0 Å². The molecular weight excluding hydrogens is 971 g/mol. The summed E-state index contributed by atoms with van der Waals surface area (Å²) < 4.78 is 60.7. The Balaban J connectivity index is 0.00000988. The van der Waals surface area contributed by atoms with Gasteiger partial charge in [0, 0.05) is 36.8 Å². The number of ether oxygens (including phenoxy) is 4. The van der Waals surface area contributed by atoms with E-state index in [9.17, 15) is 19.2 Å². The molecule has 0 atom stereocenters. The SMILES string of the molecule is C.COC(=O)CCc1ccccc1OP(Oc1ccccc1CCC(=O)OC)Oc1c(C)cc(C)cc1-c1cc(C)cc(C)c1OP(Oc1ccccc1CCC(=O)OC)Oc1ccccc1CCC(=O)OC. The quantitative estimate of drug-likeness (QED) is 0.0303. The van der Waals surface area contributed by atoms with E-state index in [0.717, 1.165) is 44.5 Å². The number of hydrogen-bond acceptors (Lipinski definition) is 14. The van der Waals surface area contributed by atoms with Gasteiger partial charge in [0.05, 0.1) is 28.4 Å². The Morgan fingerprint density at radius 3 is 0.863 bits per heavy atom. The van der Waals surface area contributed by atoms with Gasteiger partial charge < -0.3 is 46.1 Å². The molecule has 386 valence electrons. The summed E-state index contributed by atoms with van der Waals surface area (Å²) in [6.07, 6.45) is 1.82. The van der Waals surface area contributed by atoms with Gasteiger partial charge in [-0.3, -0.25) is 19.2 Å². The molecule has 0 radical (unpaired) electrons. The largest absolute Gasteiger partial charge is 0.530 e. The maximum absolute atomic E-state index is 12.3. The highest BCUT2D eigenvalue weighted by Crippen LogP contribution is 2.53. The van der Waals surface area contributed by atoms with Crippen LogP contribution in [0.15, 0.2) is 121 Å². The second-order valence-electron chi connectivity index (χ2n) is 16.6. The molecule has 16 heteroatoms. The number of carbonyl (C=O) groups is 4. The average molecular weight is 1040 g/mol. The summed E-state index contributed by atoms with van der Waals surface area (Å²) >= 11 is 0. The summed E-state index contributed by atoms with van der Waals surface area (Å²) in [6, 6.07) is 37.4. The van der Waals surface area contributed by atoms with Crippen molar-refractivity contribution >= 4 is 41.1 Å².